The van der Waals surface area contributed by atoms with E-state index in [2.05, 4.69) is 39.8 Å². The molecule has 32 heavy (non-hydrogen) atoms. The van der Waals surface area contributed by atoms with Crippen LogP contribution in [-0.4, -0.2) is 56.5 Å². The first-order valence-electron chi connectivity index (χ1n) is 13.9. The second kappa shape index (κ2) is 23.3. The summed E-state index contributed by atoms with van der Waals surface area (Å²) in [7, 11) is 0. The quantitative estimate of drug-likeness (QED) is 0.0657. The van der Waals surface area contributed by atoms with Crippen LogP contribution in [0.1, 0.15) is 118 Å². The molecule has 0 aromatic heterocycles. The summed E-state index contributed by atoms with van der Waals surface area (Å²) in [4.78, 5) is 11.8. The van der Waals surface area contributed by atoms with Crippen molar-refractivity contribution in [1.82, 2.24) is 0 Å². The van der Waals surface area contributed by atoms with Crippen LogP contribution in [0, 0.1) is 0 Å². The predicted octanol–water partition coefficient (Wildman–Crippen LogP) is 7.46. The molecule has 0 unspecified atom stereocenters. The molecule has 0 N–H and O–H groups in total. The number of hydrogen-bond donors (Lipinski definition) is 0. The molecule has 0 atom stereocenters. The van der Waals surface area contributed by atoms with Crippen molar-refractivity contribution in [1.29, 1.82) is 0 Å². The van der Waals surface area contributed by atoms with Crippen LogP contribution >= 0.6 is 0 Å². The molecule has 0 aromatic rings. The van der Waals surface area contributed by atoms with E-state index in [9.17, 15) is 4.79 Å². The highest BCUT2D eigenvalue weighted by atomic mass is 16.6. The van der Waals surface area contributed by atoms with Gasteiger partial charge in [0.15, 0.2) is 0 Å². The molecule has 4 heteroatoms. The molecule has 190 valence electrons. The molecular formula is C28H56NO3+. The van der Waals surface area contributed by atoms with Crippen molar-refractivity contribution in [2.75, 3.05) is 46.0 Å². The van der Waals surface area contributed by atoms with E-state index in [4.69, 9.17) is 9.47 Å². The number of nitrogens with zero attached hydrogens (tertiary/aromatic N) is 1. The van der Waals surface area contributed by atoms with Crippen LogP contribution < -0.4 is 0 Å². The molecule has 0 spiro atoms. The lowest BCUT2D eigenvalue weighted by atomic mass is 10.1. The Kier molecular flexibility index (Phi) is 22.7. The summed E-state index contributed by atoms with van der Waals surface area (Å²) in [6.07, 6.45) is 21.8. The molecule has 4 nitrogen and oxygen atoms in total. The van der Waals surface area contributed by atoms with Crippen LogP contribution in [-0.2, 0) is 14.3 Å². The Bertz CT molecular complexity index is 424. The van der Waals surface area contributed by atoms with Gasteiger partial charge in [-0.15, -0.1) is 0 Å². The zero-order valence-corrected chi connectivity index (χ0v) is 22.2. The number of allylic oxidation sites excluding steroid dienone is 2. The van der Waals surface area contributed by atoms with Crippen LogP contribution in [0.3, 0.4) is 0 Å². The Hall–Kier alpha value is -0.870. The van der Waals surface area contributed by atoms with E-state index in [0.29, 0.717) is 19.6 Å². The van der Waals surface area contributed by atoms with Crippen molar-refractivity contribution in [3.8, 4) is 0 Å². The van der Waals surface area contributed by atoms with Crippen molar-refractivity contribution in [2.24, 2.45) is 0 Å². The molecule has 0 radical (unpaired) electrons. The Morgan fingerprint density at radius 1 is 0.656 bits per heavy atom. The summed E-state index contributed by atoms with van der Waals surface area (Å²) in [5, 5.41) is 0. The number of hydrogen-bond acceptors (Lipinski definition) is 3. The lowest BCUT2D eigenvalue weighted by Gasteiger charge is -2.35. The maximum atomic E-state index is 11.8. The molecule has 0 rings (SSSR count). The third-order valence-electron chi connectivity index (χ3n) is 6.86. The number of ether oxygens (including phenoxy) is 2. The monoisotopic (exact) mass is 454 g/mol. The summed E-state index contributed by atoms with van der Waals surface area (Å²) in [6, 6.07) is 0. The molecule has 0 saturated carbocycles. The topological polar surface area (TPSA) is 35.5 Å². The van der Waals surface area contributed by atoms with Crippen molar-refractivity contribution in [2.45, 2.75) is 118 Å². The Morgan fingerprint density at radius 3 is 1.75 bits per heavy atom. The first-order chi connectivity index (χ1) is 15.6. The summed E-state index contributed by atoms with van der Waals surface area (Å²) < 4.78 is 12.1. The summed E-state index contributed by atoms with van der Waals surface area (Å²) in [5.74, 6) is -0.0768. The molecule has 0 aromatic carbocycles. The van der Waals surface area contributed by atoms with Crippen molar-refractivity contribution in [3.05, 3.63) is 12.2 Å². The fraction of sp³-hybridized carbons (Fsp3) is 0.893. The van der Waals surface area contributed by atoms with Gasteiger partial charge in [0.05, 0.1) is 32.8 Å². The number of carbonyl (C=O) groups is 1. The smallest absolute Gasteiger partial charge is 0.305 e. The summed E-state index contributed by atoms with van der Waals surface area (Å²) in [6.45, 7) is 15.1. The fourth-order valence-electron chi connectivity index (χ4n) is 4.13. The largest absolute Gasteiger partial charge is 0.463 e. The maximum Gasteiger partial charge on any atom is 0.305 e. The zero-order valence-electron chi connectivity index (χ0n) is 22.2. The maximum absolute atomic E-state index is 11.8. The minimum atomic E-state index is -0.0768. The van der Waals surface area contributed by atoms with E-state index < -0.39 is 0 Å². The lowest BCUT2D eigenvalue weighted by Crippen LogP contribution is -2.49. The Labute approximate surface area is 200 Å². The van der Waals surface area contributed by atoms with Gasteiger partial charge in [0.1, 0.15) is 13.2 Å². The van der Waals surface area contributed by atoms with Gasteiger partial charge >= 0.3 is 5.97 Å². The van der Waals surface area contributed by atoms with Gasteiger partial charge in [0, 0.05) is 6.42 Å². The normalized spacial score (nSPS) is 12.0. The Balaban J connectivity index is 3.39. The van der Waals surface area contributed by atoms with E-state index in [1.54, 1.807) is 0 Å². The zero-order chi connectivity index (χ0) is 23.8. The highest BCUT2D eigenvalue weighted by molar-refractivity contribution is 5.69. The number of esters is 1. The third kappa shape index (κ3) is 18.7. The van der Waals surface area contributed by atoms with Gasteiger partial charge in [-0.05, 0) is 52.9 Å². The van der Waals surface area contributed by atoms with Gasteiger partial charge in [0.2, 0.25) is 0 Å². The first kappa shape index (κ1) is 31.1. The van der Waals surface area contributed by atoms with Crippen LogP contribution in [0.4, 0.5) is 0 Å². The van der Waals surface area contributed by atoms with E-state index in [1.165, 1.54) is 70.6 Å². The first-order valence-corrected chi connectivity index (χ1v) is 13.9. The molecule has 0 aliphatic carbocycles. The molecule has 0 fully saturated rings. The van der Waals surface area contributed by atoms with Gasteiger partial charge in [-0.25, -0.2) is 0 Å². The standard InChI is InChI=1S/C28H56NO3/c1-5-9-10-11-12-13-14-15-16-17-18-19-20-21-22-23-28(30)32-27-26-31-25-24-29(6-2,7-3)8-4/h15-16H,5-14,17-27H2,1-4H3/q+1/b16-15-. The van der Waals surface area contributed by atoms with E-state index in [1.807, 2.05) is 0 Å². The fourth-order valence-corrected chi connectivity index (χ4v) is 4.13. The molecule has 0 aliphatic heterocycles. The highest BCUT2D eigenvalue weighted by Crippen LogP contribution is 2.10. The van der Waals surface area contributed by atoms with Crippen molar-refractivity contribution < 1.29 is 18.8 Å². The van der Waals surface area contributed by atoms with Crippen molar-refractivity contribution >= 4 is 5.97 Å². The minimum absolute atomic E-state index is 0.0768. The number of quaternary nitrogens is 1. The number of carbonyl (C=O) groups excluding carboxylic acids is 1. The average molecular weight is 455 g/mol. The molecule has 0 amide bonds. The predicted molar refractivity (Wildman–Crippen MR) is 138 cm³/mol. The number of rotatable bonds is 24. The number of likely N-dealkylation sites (N-methyl/N-ethyl adjacent to an activating group) is 1. The van der Waals surface area contributed by atoms with E-state index in [0.717, 1.165) is 50.1 Å². The molecule has 0 aliphatic rings. The van der Waals surface area contributed by atoms with Crippen LogP contribution in [0.25, 0.3) is 0 Å². The Morgan fingerprint density at radius 2 is 1.19 bits per heavy atom. The summed E-state index contributed by atoms with van der Waals surface area (Å²) >= 11 is 0. The van der Waals surface area contributed by atoms with Gasteiger partial charge in [-0.3, -0.25) is 4.79 Å². The SMILES string of the molecule is CCCCCCCC/C=C\CCCCCCCC(=O)OCCOCC[N+](CC)(CC)CC. The van der Waals surface area contributed by atoms with Gasteiger partial charge in [-0.2, -0.15) is 0 Å². The van der Waals surface area contributed by atoms with Crippen LogP contribution in [0.5, 0.6) is 0 Å². The number of unbranched alkanes of at least 4 members (excludes halogenated alkanes) is 11. The molecule has 0 heterocycles. The lowest BCUT2D eigenvalue weighted by molar-refractivity contribution is -0.923. The minimum Gasteiger partial charge on any atom is -0.463 e. The van der Waals surface area contributed by atoms with Gasteiger partial charge in [0.25, 0.3) is 0 Å². The van der Waals surface area contributed by atoms with Gasteiger partial charge < -0.3 is 14.0 Å². The molecule has 0 saturated heterocycles. The van der Waals surface area contributed by atoms with E-state index in [-0.39, 0.29) is 5.97 Å². The average Bonchev–Trinajstić information content (AvgIpc) is 2.81. The third-order valence-corrected chi connectivity index (χ3v) is 6.86. The second-order valence-electron chi connectivity index (χ2n) is 9.18. The van der Waals surface area contributed by atoms with E-state index >= 15 is 0 Å². The van der Waals surface area contributed by atoms with Crippen LogP contribution in [0.2, 0.25) is 0 Å². The highest BCUT2D eigenvalue weighted by Gasteiger charge is 2.19. The van der Waals surface area contributed by atoms with Crippen LogP contribution in [0.15, 0.2) is 12.2 Å². The van der Waals surface area contributed by atoms with Crippen molar-refractivity contribution in [3.63, 3.8) is 0 Å². The second-order valence-corrected chi connectivity index (χ2v) is 9.18. The van der Waals surface area contributed by atoms with Gasteiger partial charge in [-0.1, -0.05) is 70.4 Å². The molecular weight excluding hydrogens is 398 g/mol. The summed E-state index contributed by atoms with van der Waals surface area (Å²) in [5.41, 5.74) is 0. The molecule has 0 bridgehead atoms.